The highest BCUT2D eigenvalue weighted by Gasteiger charge is 2.21. The third kappa shape index (κ3) is 5.63. The van der Waals surface area contributed by atoms with Gasteiger partial charge in [-0.1, -0.05) is 0 Å². The number of nitro benzene ring substituents is 1. The van der Waals surface area contributed by atoms with Crippen molar-refractivity contribution < 1.29 is 19.2 Å². The van der Waals surface area contributed by atoms with Crippen LogP contribution in [0.15, 0.2) is 28.7 Å². The number of nitro groups is 1. The fraction of sp³-hybridized carbons (Fsp3) is 0.0667. The number of halogens is 4. The molecule has 3 N–H and O–H groups in total. The fourth-order valence-corrected chi connectivity index (χ4v) is 6.18. The molecule has 2 aromatic rings. The van der Waals surface area contributed by atoms with E-state index in [9.17, 15) is 19.7 Å². The Morgan fingerprint density at radius 3 is 2.48 bits per heavy atom. The summed E-state index contributed by atoms with van der Waals surface area (Å²) in [5, 5.41) is 13.2. The van der Waals surface area contributed by atoms with E-state index in [-0.39, 0.29) is 5.69 Å². The predicted octanol–water partition coefficient (Wildman–Crippen LogP) is 4.55. The molecule has 0 aliphatic rings. The average Bonchev–Trinajstić information content (AvgIpc) is 2.59. The van der Waals surface area contributed by atoms with E-state index in [4.69, 9.17) is 10.5 Å². The second-order valence-corrected chi connectivity index (χ2v) is 9.25. The molecule has 0 saturated heterocycles. The number of carbonyl (C=O) groups is 2. The minimum Gasteiger partial charge on any atom is -0.452 e. The molecule has 2 aromatic carbocycles. The number of amides is 1. The van der Waals surface area contributed by atoms with Crippen LogP contribution in [-0.2, 0) is 9.53 Å². The summed E-state index contributed by atoms with van der Waals surface area (Å²) in [7, 11) is 0. The van der Waals surface area contributed by atoms with Gasteiger partial charge in [0.25, 0.3) is 11.6 Å². The van der Waals surface area contributed by atoms with Gasteiger partial charge in [0.1, 0.15) is 0 Å². The van der Waals surface area contributed by atoms with Gasteiger partial charge in [-0.2, -0.15) is 0 Å². The number of hydrogen-bond donors (Lipinski definition) is 2. The van der Waals surface area contributed by atoms with E-state index in [1.807, 2.05) is 45.2 Å². The third-order valence-electron chi connectivity index (χ3n) is 3.18. The van der Waals surface area contributed by atoms with Crippen molar-refractivity contribution in [2.75, 3.05) is 17.7 Å². The van der Waals surface area contributed by atoms with E-state index in [1.165, 1.54) is 18.2 Å². The van der Waals surface area contributed by atoms with Gasteiger partial charge in [0.2, 0.25) is 0 Å². The van der Waals surface area contributed by atoms with Crippen LogP contribution in [0, 0.1) is 20.8 Å². The minimum absolute atomic E-state index is 0.119. The van der Waals surface area contributed by atoms with Crippen molar-refractivity contribution in [3.05, 3.63) is 55.1 Å². The number of ether oxygens (including phenoxy) is 1. The zero-order valence-electron chi connectivity index (χ0n) is 13.1. The van der Waals surface area contributed by atoms with Crippen LogP contribution in [0.1, 0.15) is 10.4 Å². The highest BCUT2D eigenvalue weighted by atomic mass is 127. The van der Waals surface area contributed by atoms with Crippen LogP contribution >= 0.6 is 83.7 Å². The van der Waals surface area contributed by atoms with E-state index in [0.717, 1.165) is 3.57 Å². The van der Waals surface area contributed by atoms with Gasteiger partial charge in [-0.15, -0.1) is 0 Å². The van der Waals surface area contributed by atoms with Gasteiger partial charge >= 0.3 is 5.97 Å². The molecule has 8 nitrogen and oxygen atoms in total. The Kier molecular flexibility index (Phi) is 8.05. The lowest BCUT2D eigenvalue weighted by molar-refractivity contribution is -0.384. The van der Waals surface area contributed by atoms with Gasteiger partial charge in [-0.25, -0.2) is 4.79 Å². The Hall–Kier alpha value is -0.750. The molecule has 2 rings (SSSR count). The number of nitrogen functional groups attached to an aromatic ring is 1. The average molecular weight is 772 g/mol. The molecule has 142 valence electrons. The van der Waals surface area contributed by atoms with Crippen molar-refractivity contribution >= 4 is 113 Å². The second-order valence-electron chi connectivity index (χ2n) is 4.99. The molecule has 0 radical (unpaired) electrons. The first kappa shape index (κ1) is 22.5. The number of rotatable bonds is 5. The number of nitrogens with two attached hydrogens (primary N) is 1. The Balaban J connectivity index is 2.05. The zero-order chi connectivity index (χ0) is 20.3. The van der Waals surface area contributed by atoms with Crippen molar-refractivity contribution in [3.8, 4) is 0 Å². The van der Waals surface area contributed by atoms with Gasteiger partial charge in [0.15, 0.2) is 6.61 Å². The second kappa shape index (κ2) is 9.64. The van der Waals surface area contributed by atoms with Crippen LogP contribution in [0.5, 0.6) is 0 Å². The van der Waals surface area contributed by atoms with Crippen molar-refractivity contribution in [2.24, 2.45) is 0 Å². The Morgan fingerprint density at radius 1 is 1.22 bits per heavy atom. The van der Waals surface area contributed by atoms with E-state index < -0.39 is 23.4 Å². The molecule has 12 heteroatoms. The number of esters is 1. The first-order valence-corrected chi connectivity index (χ1v) is 11.0. The number of anilines is 2. The van der Waals surface area contributed by atoms with Crippen LogP contribution in [0.2, 0.25) is 0 Å². The lowest BCUT2D eigenvalue weighted by Crippen LogP contribution is -2.22. The van der Waals surface area contributed by atoms with Crippen LogP contribution in [0.4, 0.5) is 17.1 Å². The summed E-state index contributed by atoms with van der Waals surface area (Å²) < 4.78 is 7.46. The number of nitrogens with one attached hydrogen (secondary N) is 1. The Morgan fingerprint density at radius 2 is 1.89 bits per heavy atom. The normalized spacial score (nSPS) is 10.4. The molecule has 0 atom stereocenters. The monoisotopic (exact) mass is 771 g/mol. The summed E-state index contributed by atoms with van der Waals surface area (Å²) in [5.41, 5.74) is 6.92. The van der Waals surface area contributed by atoms with Gasteiger partial charge in [-0.05, 0) is 95.8 Å². The largest absolute Gasteiger partial charge is 0.452 e. The fourth-order valence-electron chi connectivity index (χ4n) is 1.90. The summed E-state index contributed by atoms with van der Waals surface area (Å²) in [5.74, 6) is -1.24. The molecular weight excluding hydrogens is 763 g/mol. The maximum absolute atomic E-state index is 12.3. The summed E-state index contributed by atoms with van der Waals surface area (Å²) in [6.07, 6.45) is 0. The van der Waals surface area contributed by atoms with Crippen LogP contribution in [0.3, 0.4) is 0 Å². The van der Waals surface area contributed by atoms with Crippen molar-refractivity contribution in [3.63, 3.8) is 0 Å². The van der Waals surface area contributed by atoms with Gasteiger partial charge < -0.3 is 15.8 Å². The van der Waals surface area contributed by atoms with Gasteiger partial charge in [-0.3, -0.25) is 14.9 Å². The van der Waals surface area contributed by atoms with Crippen molar-refractivity contribution in [1.82, 2.24) is 0 Å². The first-order chi connectivity index (χ1) is 12.6. The zero-order valence-corrected chi connectivity index (χ0v) is 21.2. The van der Waals surface area contributed by atoms with Crippen molar-refractivity contribution in [2.45, 2.75) is 0 Å². The van der Waals surface area contributed by atoms with E-state index in [2.05, 4.69) is 43.8 Å². The SMILES string of the molecule is Nc1c(I)cc(I)c(C(=O)OCC(=O)Nc2ccc([N+](=O)[O-])cc2Br)c1I. The summed E-state index contributed by atoms with van der Waals surface area (Å²) in [4.78, 5) is 34.6. The lowest BCUT2D eigenvalue weighted by atomic mass is 10.2. The molecule has 0 unspecified atom stereocenters. The summed E-state index contributed by atoms with van der Waals surface area (Å²) >= 11 is 9.19. The number of non-ortho nitro benzene ring substituents is 1. The maximum atomic E-state index is 12.3. The molecule has 0 aromatic heterocycles. The van der Waals surface area contributed by atoms with Crippen LogP contribution in [-0.4, -0.2) is 23.4 Å². The Labute approximate surface area is 202 Å². The highest BCUT2D eigenvalue weighted by molar-refractivity contribution is 14.1. The smallest absolute Gasteiger partial charge is 0.340 e. The molecule has 0 aliphatic heterocycles. The van der Waals surface area contributed by atoms with E-state index in [1.54, 1.807) is 6.07 Å². The summed E-state index contributed by atoms with van der Waals surface area (Å²) in [6, 6.07) is 5.66. The third-order valence-corrected chi connectivity index (χ3v) is 6.70. The van der Waals surface area contributed by atoms with E-state index >= 15 is 0 Å². The number of benzene rings is 2. The minimum atomic E-state index is -0.662. The van der Waals surface area contributed by atoms with Crippen LogP contribution < -0.4 is 11.1 Å². The number of hydrogen-bond acceptors (Lipinski definition) is 6. The number of nitrogens with zero attached hydrogens (tertiary/aromatic N) is 1. The first-order valence-electron chi connectivity index (χ1n) is 6.95. The molecule has 0 fully saturated rings. The van der Waals surface area contributed by atoms with Gasteiger partial charge in [0.05, 0.1) is 25.4 Å². The lowest BCUT2D eigenvalue weighted by Gasteiger charge is -2.12. The van der Waals surface area contributed by atoms with Gasteiger partial charge in [0, 0.05) is 23.7 Å². The van der Waals surface area contributed by atoms with E-state index in [0.29, 0.717) is 28.6 Å². The number of carbonyl (C=O) groups excluding carboxylic acids is 2. The highest BCUT2D eigenvalue weighted by Crippen LogP contribution is 2.30. The molecule has 0 saturated carbocycles. The quantitative estimate of drug-likeness (QED) is 0.151. The molecule has 1 amide bonds. The molecule has 0 spiro atoms. The topological polar surface area (TPSA) is 125 Å². The predicted molar refractivity (Wildman–Crippen MR) is 129 cm³/mol. The van der Waals surface area contributed by atoms with Crippen molar-refractivity contribution in [1.29, 1.82) is 0 Å². The molecule has 0 bridgehead atoms. The molecule has 0 heterocycles. The molecule has 27 heavy (non-hydrogen) atoms. The Bertz CT molecular complexity index is 955. The maximum Gasteiger partial charge on any atom is 0.340 e. The molecule has 0 aliphatic carbocycles. The standard InChI is InChI=1S/C15H9BrI3N3O5/c16-7-3-6(22(25)26)1-2-10(7)21-11(23)5-27-15(24)12-8(17)4-9(18)14(20)13(12)19/h1-4H,5,20H2,(H,21,23). The molecular formula is C15H9BrI3N3O5. The van der Waals surface area contributed by atoms with Crippen LogP contribution in [0.25, 0.3) is 0 Å². The summed E-state index contributed by atoms with van der Waals surface area (Å²) in [6.45, 7) is -0.514.